The fourth-order valence-corrected chi connectivity index (χ4v) is 2.16. The summed E-state index contributed by atoms with van der Waals surface area (Å²) in [6.45, 7) is 5.27. The smallest absolute Gasteiger partial charge is 0.479 e. The maximum Gasteiger partial charge on any atom is 1.00 e. The van der Waals surface area contributed by atoms with Crippen LogP contribution in [0.2, 0.25) is 0 Å². The normalized spacial score (nSPS) is 15.0. The molecule has 4 atom stereocenters. The van der Waals surface area contributed by atoms with Crippen LogP contribution in [0.1, 0.15) is 71.1 Å². The summed E-state index contributed by atoms with van der Waals surface area (Å²) in [7, 11) is 0. The molecule has 0 aliphatic carbocycles. The van der Waals surface area contributed by atoms with Crippen molar-refractivity contribution in [3.05, 3.63) is 6.92 Å². The average Bonchev–Trinajstić information content (AvgIpc) is 2.61. The quantitative estimate of drug-likeness (QED) is 0.118. The molecule has 6 N–H and O–H groups in total. The van der Waals surface area contributed by atoms with Gasteiger partial charge in [-0.2, -0.15) is 6.42 Å². The predicted molar refractivity (Wildman–Crippen MR) is 95.9 cm³/mol. The van der Waals surface area contributed by atoms with Gasteiger partial charge in [0.25, 0.3) is 0 Å². The summed E-state index contributed by atoms with van der Waals surface area (Å²) in [5.41, 5.74) is 0. The van der Waals surface area contributed by atoms with E-state index in [9.17, 15) is 4.79 Å². The fourth-order valence-electron chi connectivity index (χ4n) is 2.16. The van der Waals surface area contributed by atoms with E-state index in [-0.39, 0.29) is 29.6 Å². The van der Waals surface area contributed by atoms with Crippen molar-refractivity contribution >= 4 is 5.97 Å². The Hall–Kier alpha value is 0.270. The van der Waals surface area contributed by atoms with Gasteiger partial charge in [-0.15, -0.1) is 0 Å². The molecular formula is C18H37NaO7. The van der Waals surface area contributed by atoms with Crippen LogP contribution in [0.4, 0.5) is 0 Å². The van der Waals surface area contributed by atoms with Crippen molar-refractivity contribution in [3.63, 3.8) is 0 Å². The summed E-state index contributed by atoms with van der Waals surface area (Å²) in [6, 6.07) is 0. The third kappa shape index (κ3) is 17.7. The number of hydrogen-bond donors (Lipinski definition) is 6. The summed E-state index contributed by atoms with van der Waals surface area (Å²) >= 11 is 0. The van der Waals surface area contributed by atoms with Crippen molar-refractivity contribution in [3.8, 4) is 0 Å². The van der Waals surface area contributed by atoms with Gasteiger partial charge in [0.05, 0.1) is 6.61 Å². The molecule has 0 aromatic rings. The molecule has 0 rings (SSSR count). The largest absolute Gasteiger partial charge is 1.00 e. The topological polar surface area (TPSA) is 138 Å². The number of carboxylic acid groups (broad SMARTS) is 1. The molecule has 0 aromatic carbocycles. The van der Waals surface area contributed by atoms with Crippen LogP contribution in [0.15, 0.2) is 0 Å². The van der Waals surface area contributed by atoms with Crippen molar-refractivity contribution < 1.29 is 65.0 Å². The van der Waals surface area contributed by atoms with Crippen LogP contribution in [0.25, 0.3) is 0 Å². The number of hydrogen-bond acceptors (Lipinski definition) is 6. The fraction of sp³-hybridized carbons (Fsp3) is 0.889. The molecule has 0 spiro atoms. The van der Waals surface area contributed by atoms with Crippen LogP contribution in [0, 0.1) is 6.92 Å². The van der Waals surface area contributed by atoms with Crippen molar-refractivity contribution in [2.45, 2.75) is 95.5 Å². The molecule has 0 radical (unpaired) electrons. The minimum Gasteiger partial charge on any atom is -0.479 e. The Labute approximate surface area is 179 Å². The van der Waals surface area contributed by atoms with E-state index in [1.54, 1.807) is 0 Å². The SMILES string of the molecule is O=C(O)C(O)C(O)C(O)C(O)CO.[CH2-]CCCCCCCCCCC.[Na+]. The number of aliphatic hydroxyl groups is 5. The molecule has 26 heavy (non-hydrogen) atoms. The van der Waals surface area contributed by atoms with E-state index in [2.05, 4.69) is 13.8 Å². The van der Waals surface area contributed by atoms with Crippen LogP contribution < -0.4 is 29.6 Å². The first-order chi connectivity index (χ1) is 11.8. The molecule has 0 fully saturated rings. The molecule has 152 valence electrons. The predicted octanol–water partition coefficient (Wildman–Crippen LogP) is -1.75. The first-order valence-electron chi connectivity index (χ1n) is 9.18. The third-order valence-corrected chi connectivity index (χ3v) is 3.86. The Kier molecular flexibility index (Phi) is 25.7. The zero-order valence-corrected chi connectivity index (χ0v) is 18.4. The Morgan fingerprint density at radius 1 is 0.846 bits per heavy atom. The van der Waals surface area contributed by atoms with E-state index in [0.717, 1.165) is 6.42 Å². The zero-order valence-electron chi connectivity index (χ0n) is 16.4. The second-order valence-corrected chi connectivity index (χ2v) is 6.20. The molecule has 0 saturated carbocycles. The van der Waals surface area contributed by atoms with Crippen molar-refractivity contribution in [2.24, 2.45) is 0 Å². The van der Waals surface area contributed by atoms with Gasteiger partial charge in [0.2, 0.25) is 0 Å². The Morgan fingerprint density at radius 3 is 1.62 bits per heavy atom. The van der Waals surface area contributed by atoms with Gasteiger partial charge in [-0.3, -0.25) is 0 Å². The summed E-state index contributed by atoms with van der Waals surface area (Å²) in [5, 5.41) is 51.8. The number of aliphatic carboxylic acids is 1. The van der Waals surface area contributed by atoms with Gasteiger partial charge < -0.3 is 37.6 Å². The van der Waals surface area contributed by atoms with Crippen molar-refractivity contribution in [2.75, 3.05) is 6.61 Å². The molecule has 0 aliphatic heterocycles. The van der Waals surface area contributed by atoms with Gasteiger partial charge in [0.15, 0.2) is 6.10 Å². The maximum atomic E-state index is 10.1. The second kappa shape index (κ2) is 21.6. The number of carboxylic acids is 1. The van der Waals surface area contributed by atoms with Crippen LogP contribution in [0.5, 0.6) is 0 Å². The molecule has 0 aliphatic rings. The Bertz CT molecular complexity index is 295. The van der Waals surface area contributed by atoms with Crippen molar-refractivity contribution in [1.82, 2.24) is 0 Å². The van der Waals surface area contributed by atoms with E-state index >= 15 is 0 Å². The van der Waals surface area contributed by atoms with Crippen LogP contribution >= 0.6 is 0 Å². The number of aliphatic hydroxyl groups excluding tert-OH is 5. The number of carbonyl (C=O) groups is 1. The molecule has 0 bridgehead atoms. The molecule has 0 amide bonds. The summed E-state index contributed by atoms with van der Waals surface area (Å²) in [4.78, 5) is 10.1. The van der Waals surface area contributed by atoms with E-state index in [0.29, 0.717) is 0 Å². The molecular weight excluding hydrogens is 351 g/mol. The molecule has 0 saturated heterocycles. The standard InChI is InChI=1S/C12H25.C6H12O7.Na/c1-3-5-7-9-11-12-10-8-6-4-2;7-1-2(8)3(9)4(10)5(11)6(12)13;/h1,3-12H2,2H3;2-5,7-11H,1H2,(H,12,13);/q-1;;+1. The van der Waals surface area contributed by atoms with E-state index < -0.39 is 37.0 Å². The summed E-state index contributed by atoms with van der Waals surface area (Å²) in [6.07, 6.45) is 6.05. The van der Waals surface area contributed by atoms with Gasteiger partial charge in [-0.25, -0.2) is 4.79 Å². The summed E-state index contributed by atoms with van der Waals surface area (Å²) in [5.74, 6) is -1.73. The van der Waals surface area contributed by atoms with Crippen molar-refractivity contribution in [1.29, 1.82) is 0 Å². The van der Waals surface area contributed by atoms with Gasteiger partial charge in [-0.05, 0) is 0 Å². The second-order valence-electron chi connectivity index (χ2n) is 6.20. The monoisotopic (exact) mass is 388 g/mol. The average molecular weight is 388 g/mol. The number of rotatable bonds is 14. The van der Waals surface area contributed by atoms with Crippen LogP contribution in [0.3, 0.4) is 0 Å². The number of unbranched alkanes of at least 4 members (excludes halogenated alkanes) is 9. The van der Waals surface area contributed by atoms with E-state index in [4.69, 9.17) is 30.6 Å². The minimum absolute atomic E-state index is 0. The Balaban J connectivity index is -0.000000393. The molecule has 8 heteroatoms. The summed E-state index contributed by atoms with van der Waals surface area (Å²) < 4.78 is 0. The zero-order chi connectivity index (χ0) is 19.7. The minimum atomic E-state index is -2.20. The van der Waals surface area contributed by atoms with E-state index in [1.807, 2.05) is 0 Å². The van der Waals surface area contributed by atoms with Gasteiger partial charge in [-0.1, -0.05) is 64.7 Å². The van der Waals surface area contributed by atoms with Gasteiger partial charge in [0, 0.05) is 0 Å². The molecule has 0 aromatic heterocycles. The molecule has 7 nitrogen and oxygen atoms in total. The third-order valence-electron chi connectivity index (χ3n) is 3.86. The molecule has 0 heterocycles. The van der Waals surface area contributed by atoms with Crippen LogP contribution in [-0.4, -0.2) is 67.6 Å². The van der Waals surface area contributed by atoms with E-state index in [1.165, 1.54) is 57.8 Å². The van der Waals surface area contributed by atoms with Gasteiger partial charge >= 0.3 is 35.5 Å². The Morgan fingerprint density at radius 2 is 1.27 bits per heavy atom. The van der Waals surface area contributed by atoms with Crippen LogP contribution in [-0.2, 0) is 4.79 Å². The first kappa shape index (κ1) is 31.0. The van der Waals surface area contributed by atoms with Gasteiger partial charge in [0.1, 0.15) is 18.3 Å². The first-order valence-corrected chi connectivity index (χ1v) is 9.18. The molecule has 4 unspecified atom stereocenters. The maximum absolute atomic E-state index is 10.1.